The Balaban J connectivity index is 2.09. The first kappa shape index (κ1) is 15.6. The Kier molecular flexibility index (Phi) is 4.97. The van der Waals surface area contributed by atoms with Crippen molar-refractivity contribution in [3.63, 3.8) is 0 Å². The van der Waals surface area contributed by atoms with Gasteiger partial charge in [-0.2, -0.15) is 11.8 Å². The van der Waals surface area contributed by atoms with Crippen LogP contribution in [0.25, 0.3) is 0 Å². The van der Waals surface area contributed by atoms with Gasteiger partial charge in [-0.3, -0.25) is 0 Å². The number of aryl methyl sites for hydroxylation is 1. The highest BCUT2D eigenvalue weighted by Gasteiger charge is 2.20. The van der Waals surface area contributed by atoms with Gasteiger partial charge in [-0.15, -0.1) is 0 Å². The summed E-state index contributed by atoms with van der Waals surface area (Å²) < 4.78 is 0. The van der Waals surface area contributed by atoms with E-state index in [9.17, 15) is 0 Å². The third kappa shape index (κ3) is 4.13. The molecule has 0 aromatic carbocycles. The zero-order valence-corrected chi connectivity index (χ0v) is 14.2. The van der Waals surface area contributed by atoms with E-state index in [4.69, 9.17) is 4.98 Å². The number of rotatable bonds is 3. The Morgan fingerprint density at radius 2 is 2.15 bits per heavy atom. The molecule has 112 valence electrons. The Bertz CT molecular complexity index is 454. The van der Waals surface area contributed by atoms with E-state index in [2.05, 4.69) is 57.0 Å². The van der Waals surface area contributed by atoms with Crippen molar-refractivity contribution >= 4 is 17.6 Å². The highest BCUT2D eigenvalue weighted by Crippen LogP contribution is 2.23. The highest BCUT2D eigenvalue weighted by atomic mass is 32.2. The molecule has 0 aliphatic carbocycles. The molecule has 1 unspecified atom stereocenters. The molecule has 1 aliphatic heterocycles. The van der Waals surface area contributed by atoms with Crippen LogP contribution in [0.3, 0.4) is 0 Å². The smallest absolute Gasteiger partial charge is 0.129 e. The standard InChI is InChI=1S/C16H27N3S/c1-12-11-20-9-8-19(12)15-7-6-14(13(2)18-15)10-17-16(3,4)5/h6-7,12,17H,8-11H2,1-5H3. The summed E-state index contributed by atoms with van der Waals surface area (Å²) >= 11 is 2.04. The first-order valence-electron chi connectivity index (χ1n) is 7.43. The van der Waals surface area contributed by atoms with E-state index in [0.717, 1.165) is 24.6 Å². The molecule has 1 fully saturated rings. The van der Waals surface area contributed by atoms with Crippen LogP contribution >= 0.6 is 11.8 Å². The Labute approximate surface area is 127 Å². The minimum atomic E-state index is 0.143. The predicted molar refractivity (Wildman–Crippen MR) is 89.7 cm³/mol. The molecule has 1 aromatic rings. The number of anilines is 1. The highest BCUT2D eigenvalue weighted by molar-refractivity contribution is 7.99. The van der Waals surface area contributed by atoms with Crippen molar-refractivity contribution in [2.24, 2.45) is 0 Å². The fraction of sp³-hybridized carbons (Fsp3) is 0.688. The largest absolute Gasteiger partial charge is 0.352 e. The van der Waals surface area contributed by atoms with Crippen molar-refractivity contribution in [3.8, 4) is 0 Å². The molecule has 2 heterocycles. The molecule has 1 N–H and O–H groups in total. The average Bonchev–Trinajstić information content (AvgIpc) is 2.37. The Morgan fingerprint density at radius 1 is 1.40 bits per heavy atom. The summed E-state index contributed by atoms with van der Waals surface area (Å²) in [5.41, 5.74) is 2.58. The van der Waals surface area contributed by atoms with Crippen LogP contribution in [0.1, 0.15) is 39.0 Å². The van der Waals surface area contributed by atoms with Crippen molar-refractivity contribution in [2.45, 2.75) is 52.7 Å². The molecule has 0 saturated carbocycles. The van der Waals surface area contributed by atoms with Crippen molar-refractivity contribution in [3.05, 3.63) is 23.4 Å². The molecule has 4 heteroatoms. The molecule has 0 radical (unpaired) electrons. The summed E-state index contributed by atoms with van der Waals surface area (Å²) in [5, 5.41) is 3.53. The van der Waals surface area contributed by atoms with Crippen LogP contribution in [0.4, 0.5) is 5.82 Å². The lowest BCUT2D eigenvalue weighted by molar-refractivity contribution is 0.423. The van der Waals surface area contributed by atoms with Gasteiger partial charge in [0.15, 0.2) is 0 Å². The predicted octanol–water partition coefficient (Wildman–Crippen LogP) is 3.22. The molecule has 1 atom stereocenters. The van der Waals surface area contributed by atoms with Crippen LogP contribution in [0.5, 0.6) is 0 Å². The summed E-state index contributed by atoms with van der Waals surface area (Å²) in [6.45, 7) is 13.0. The van der Waals surface area contributed by atoms with Crippen LogP contribution < -0.4 is 10.2 Å². The first-order valence-corrected chi connectivity index (χ1v) is 8.58. The van der Waals surface area contributed by atoms with E-state index in [1.807, 2.05) is 11.8 Å². The quantitative estimate of drug-likeness (QED) is 0.926. The van der Waals surface area contributed by atoms with Gasteiger partial charge in [-0.1, -0.05) is 6.07 Å². The van der Waals surface area contributed by atoms with E-state index in [-0.39, 0.29) is 5.54 Å². The van der Waals surface area contributed by atoms with Gasteiger partial charge in [0.2, 0.25) is 0 Å². The van der Waals surface area contributed by atoms with Gasteiger partial charge in [0, 0.05) is 41.9 Å². The first-order chi connectivity index (χ1) is 9.37. The molecule has 1 saturated heterocycles. The van der Waals surface area contributed by atoms with E-state index in [1.165, 1.54) is 17.1 Å². The Morgan fingerprint density at radius 3 is 2.75 bits per heavy atom. The lowest BCUT2D eigenvalue weighted by Gasteiger charge is -2.34. The minimum Gasteiger partial charge on any atom is -0.352 e. The fourth-order valence-corrected chi connectivity index (χ4v) is 3.36. The zero-order valence-electron chi connectivity index (χ0n) is 13.4. The summed E-state index contributed by atoms with van der Waals surface area (Å²) in [5.74, 6) is 3.54. The SMILES string of the molecule is Cc1nc(N2CCSCC2C)ccc1CNC(C)(C)C. The van der Waals surface area contributed by atoms with Crippen LogP contribution in [0, 0.1) is 6.92 Å². The fourth-order valence-electron chi connectivity index (χ4n) is 2.35. The molecule has 2 rings (SSSR count). The van der Waals surface area contributed by atoms with Crippen molar-refractivity contribution in [2.75, 3.05) is 23.0 Å². The third-order valence-electron chi connectivity index (χ3n) is 3.65. The second-order valence-corrected chi connectivity index (χ2v) is 7.78. The van der Waals surface area contributed by atoms with Crippen LogP contribution in [-0.4, -0.2) is 34.6 Å². The molecule has 0 spiro atoms. The third-order valence-corrected chi connectivity index (χ3v) is 4.84. The van der Waals surface area contributed by atoms with Gasteiger partial charge in [-0.05, 0) is 46.2 Å². The van der Waals surface area contributed by atoms with Gasteiger partial charge in [0.05, 0.1) is 0 Å². The maximum absolute atomic E-state index is 4.82. The summed E-state index contributed by atoms with van der Waals surface area (Å²) in [7, 11) is 0. The van der Waals surface area contributed by atoms with Gasteiger partial charge in [0.25, 0.3) is 0 Å². The van der Waals surface area contributed by atoms with E-state index in [1.54, 1.807) is 0 Å². The number of nitrogens with one attached hydrogen (secondary N) is 1. The maximum Gasteiger partial charge on any atom is 0.129 e. The molecular weight excluding hydrogens is 266 g/mol. The van der Waals surface area contributed by atoms with Crippen LogP contribution in [-0.2, 0) is 6.54 Å². The number of pyridine rings is 1. The van der Waals surface area contributed by atoms with Crippen molar-refractivity contribution < 1.29 is 0 Å². The zero-order chi connectivity index (χ0) is 14.8. The summed E-state index contributed by atoms with van der Waals surface area (Å²) in [6, 6.07) is 4.99. The molecule has 1 aromatic heterocycles. The van der Waals surface area contributed by atoms with Crippen LogP contribution in [0.2, 0.25) is 0 Å². The second kappa shape index (κ2) is 6.35. The van der Waals surface area contributed by atoms with Crippen LogP contribution in [0.15, 0.2) is 12.1 Å². The van der Waals surface area contributed by atoms with E-state index in [0.29, 0.717) is 6.04 Å². The minimum absolute atomic E-state index is 0.143. The molecule has 1 aliphatic rings. The summed E-state index contributed by atoms with van der Waals surface area (Å²) in [4.78, 5) is 7.26. The maximum atomic E-state index is 4.82. The average molecular weight is 293 g/mol. The number of hydrogen-bond donors (Lipinski definition) is 1. The molecule has 0 amide bonds. The van der Waals surface area contributed by atoms with Crippen molar-refractivity contribution in [1.29, 1.82) is 0 Å². The monoisotopic (exact) mass is 293 g/mol. The van der Waals surface area contributed by atoms with Gasteiger partial charge in [-0.25, -0.2) is 4.98 Å². The van der Waals surface area contributed by atoms with E-state index >= 15 is 0 Å². The molecule has 3 nitrogen and oxygen atoms in total. The lowest BCUT2D eigenvalue weighted by Crippen LogP contribution is -2.41. The van der Waals surface area contributed by atoms with Crippen molar-refractivity contribution in [1.82, 2.24) is 10.3 Å². The number of aromatic nitrogens is 1. The number of thioether (sulfide) groups is 1. The topological polar surface area (TPSA) is 28.2 Å². The van der Waals surface area contributed by atoms with E-state index < -0.39 is 0 Å². The number of nitrogens with zero attached hydrogens (tertiary/aromatic N) is 2. The second-order valence-electron chi connectivity index (χ2n) is 6.63. The molecular formula is C16H27N3S. The number of hydrogen-bond acceptors (Lipinski definition) is 4. The van der Waals surface area contributed by atoms with Gasteiger partial charge in [0.1, 0.15) is 5.82 Å². The summed E-state index contributed by atoms with van der Waals surface area (Å²) in [6.07, 6.45) is 0. The molecule has 20 heavy (non-hydrogen) atoms. The van der Waals surface area contributed by atoms with Gasteiger partial charge < -0.3 is 10.2 Å². The Hall–Kier alpha value is -0.740. The molecule has 0 bridgehead atoms. The lowest BCUT2D eigenvalue weighted by atomic mass is 10.1. The van der Waals surface area contributed by atoms with Gasteiger partial charge >= 0.3 is 0 Å². The normalized spacial score (nSPS) is 20.2.